The van der Waals surface area contributed by atoms with Crippen molar-refractivity contribution in [1.29, 1.82) is 0 Å². The lowest BCUT2D eigenvalue weighted by molar-refractivity contribution is -0.116. The monoisotopic (exact) mass is 436 g/mol. The second-order valence-electron chi connectivity index (χ2n) is 6.28. The first kappa shape index (κ1) is 22.9. The number of H-pyrrole nitrogens is 1. The molecule has 0 saturated carbocycles. The van der Waals surface area contributed by atoms with Crippen LogP contribution in [0.3, 0.4) is 0 Å². The number of nitrogens with one attached hydrogen (secondary N) is 3. The van der Waals surface area contributed by atoms with E-state index < -0.39 is 10.0 Å². The molecule has 0 atom stereocenters. The molecule has 0 saturated heterocycles. The lowest BCUT2D eigenvalue weighted by Gasteiger charge is -2.09. The summed E-state index contributed by atoms with van der Waals surface area (Å²) in [6, 6.07) is 6.57. The number of aryl methyl sites for hydroxylation is 1. The molecular formula is C19H24N4O4S2. The van der Waals surface area contributed by atoms with Gasteiger partial charge in [0.25, 0.3) is 5.56 Å². The Hall–Kier alpha value is -2.43. The van der Waals surface area contributed by atoms with Crippen LogP contribution >= 0.6 is 11.8 Å². The van der Waals surface area contributed by atoms with Crippen molar-refractivity contribution in [2.24, 2.45) is 0 Å². The molecule has 8 nitrogen and oxygen atoms in total. The molecule has 0 spiro atoms. The first-order chi connectivity index (χ1) is 13.7. The number of carbonyl (C=O) groups is 1. The number of amides is 1. The average molecular weight is 437 g/mol. The van der Waals surface area contributed by atoms with Crippen LogP contribution in [-0.2, 0) is 27.0 Å². The first-order valence-corrected chi connectivity index (χ1v) is 11.7. The highest BCUT2D eigenvalue weighted by molar-refractivity contribution is 7.98. The molecule has 1 amide bonds. The van der Waals surface area contributed by atoms with Gasteiger partial charge >= 0.3 is 0 Å². The molecule has 10 heteroatoms. The number of rotatable bonds is 10. The average Bonchev–Trinajstić information content (AvgIpc) is 2.67. The number of aromatic nitrogens is 2. The second kappa shape index (κ2) is 10.4. The Kier molecular flexibility index (Phi) is 8.18. The van der Waals surface area contributed by atoms with Gasteiger partial charge in [-0.1, -0.05) is 30.0 Å². The summed E-state index contributed by atoms with van der Waals surface area (Å²) in [4.78, 5) is 31.3. The Morgan fingerprint density at radius 1 is 1.31 bits per heavy atom. The van der Waals surface area contributed by atoms with Crippen molar-refractivity contribution in [3.05, 3.63) is 64.1 Å². The summed E-state index contributed by atoms with van der Waals surface area (Å²) < 4.78 is 26.1. The van der Waals surface area contributed by atoms with Crippen molar-refractivity contribution < 1.29 is 13.2 Å². The topological polar surface area (TPSA) is 121 Å². The van der Waals surface area contributed by atoms with E-state index in [2.05, 4.69) is 26.6 Å². The highest BCUT2D eigenvalue weighted by atomic mass is 32.2. The van der Waals surface area contributed by atoms with E-state index in [-0.39, 0.29) is 36.6 Å². The minimum atomic E-state index is -3.43. The molecular weight excluding hydrogens is 412 g/mol. The minimum absolute atomic E-state index is 0.131. The maximum Gasteiger partial charge on any atom is 0.254 e. The lowest BCUT2D eigenvalue weighted by atomic mass is 10.1. The van der Waals surface area contributed by atoms with Crippen molar-refractivity contribution >= 4 is 33.4 Å². The van der Waals surface area contributed by atoms with Gasteiger partial charge in [-0.15, -0.1) is 6.58 Å². The number of hydrogen-bond donors (Lipinski definition) is 3. The molecule has 0 aliphatic heterocycles. The van der Waals surface area contributed by atoms with Crippen molar-refractivity contribution in [3.8, 4) is 0 Å². The van der Waals surface area contributed by atoms with E-state index in [9.17, 15) is 18.0 Å². The third kappa shape index (κ3) is 7.15. The van der Waals surface area contributed by atoms with Gasteiger partial charge in [-0.3, -0.25) is 9.59 Å². The summed E-state index contributed by atoms with van der Waals surface area (Å²) in [7, 11) is -3.43. The smallest absolute Gasteiger partial charge is 0.254 e. The van der Waals surface area contributed by atoms with Gasteiger partial charge in [0.1, 0.15) is 0 Å². The molecule has 2 rings (SSSR count). The zero-order valence-electron chi connectivity index (χ0n) is 16.3. The zero-order valence-corrected chi connectivity index (χ0v) is 18.0. The highest BCUT2D eigenvalue weighted by Gasteiger charge is 2.12. The fourth-order valence-electron chi connectivity index (χ4n) is 2.58. The number of nitrogens with zero attached hydrogens (tertiary/aromatic N) is 1. The highest BCUT2D eigenvalue weighted by Crippen LogP contribution is 2.13. The normalized spacial score (nSPS) is 11.2. The van der Waals surface area contributed by atoms with Crippen molar-refractivity contribution in [1.82, 2.24) is 14.7 Å². The summed E-state index contributed by atoms with van der Waals surface area (Å²) >= 11 is 1.35. The maximum atomic E-state index is 12.2. The van der Waals surface area contributed by atoms with Gasteiger partial charge in [-0.2, -0.15) is 0 Å². The van der Waals surface area contributed by atoms with Crippen LogP contribution in [0.4, 0.5) is 5.69 Å². The summed E-state index contributed by atoms with van der Waals surface area (Å²) in [6.45, 7) is 5.39. The van der Waals surface area contributed by atoms with E-state index in [0.717, 1.165) is 0 Å². The lowest BCUT2D eigenvalue weighted by Crippen LogP contribution is -2.25. The molecule has 3 N–H and O–H groups in total. The number of anilines is 1. The van der Waals surface area contributed by atoms with Gasteiger partial charge < -0.3 is 10.3 Å². The molecule has 2 aromatic rings. The van der Waals surface area contributed by atoms with Crippen LogP contribution in [0.1, 0.15) is 23.2 Å². The number of hydrogen-bond acceptors (Lipinski definition) is 6. The van der Waals surface area contributed by atoms with Gasteiger partial charge in [0.05, 0.1) is 5.75 Å². The number of sulfonamides is 1. The summed E-state index contributed by atoms with van der Waals surface area (Å²) in [6.07, 6.45) is 3.70. The standard InChI is InChI=1S/C19H24N4O4S2/c1-4-11-20-29(26,27)12-14-5-7-15(8-6-14)22-17(24)10-9-16-13(2)21-19(28-3)23-18(16)25/h4-8,20H,1,9-12H2,2-3H3,(H,22,24)(H,21,23,25). The van der Waals surface area contributed by atoms with Crippen LogP contribution in [-0.4, -0.2) is 37.1 Å². The van der Waals surface area contributed by atoms with Gasteiger partial charge in [0, 0.05) is 29.9 Å². The van der Waals surface area contributed by atoms with E-state index >= 15 is 0 Å². The third-order valence-electron chi connectivity index (χ3n) is 4.04. The molecule has 0 aliphatic carbocycles. The van der Waals surface area contributed by atoms with Crippen LogP contribution in [0.15, 0.2) is 46.9 Å². The summed E-state index contributed by atoms with van der Waals surface area (Å²) in [5, 5.41) is 3.29. The van der Waals surface area contributed by atoms with Crippen molar-refractivity contribution in [2.45, 2.75) is 30.7 Å². The number of benzene rings is 1. The van der Waals surface area contributed by atoms with Gasteiger partial charge in [-0.25, -0.2) is 18.1 Å². The van der Waals surface area contributed by atoms with E-state index in [1.54, 1.807) is 31.2 Å². The van der Waals surface area contributed by atoms with Crippen molar-refractivity contribution in [3.63, 3.8) is 0 Å². The molecule has 1 aromatic carbocycles. The fourth-order valence-corrected chi connectivity index (χ4v) is 4.11. The number of aromatic amines is 1. The molecule has 0 aliphatic rings. The van der Waals surface area contributed by atoms with Crippen LogP contribution < -0.4 is 15.6 Å². The molecule has 0 bridgehead atoms. The van der Waals surface area contributed by atoms with Gasteiger partial charge in [0.15, 0.2) is 5.16 Å². The Balaban J connectivity index is 1.93. The molecule has 29 heavy (non-hydrogen) atoms. The van der Waals surface area contributed by atoms with E-state index in [1.807, 2.05) is 6.26 Å². The molecule has 0 radical (unpaired) electrons. The van der Waals surface area contributed by atoms with E-state index in [0.29, 0.717) is 27.7 Å². The van der Waals surface area contributed by atoms with Crippen LogP contribution in [0.25, 0.3) is 0 Å². The summed E-state index contributed by atoms with van der Waals surface area (Å²) in [5.74, 6) is -0.401. The second-order valence-corrected chi connectivity index (χ2v) is 8.88. The van der Waals surface area contributed by atoms with Gasteiger partial charge in [0.2, 0.25) is 15.9 Å². The van der Waals surface area contributed by atoms with Gasteiger partial charge in [-0.05, 0) is 37.3 Å². The predicted molar refractivity (Wildman–Crippen MR) is 116 cm³/mol. The number of thioether (sulfide) groups is 1. The fraction of sp³-hybridized carbons (Fsp3) is 0.316. The number of carbonyl (C=O) groups excluding carboxylic acids is 1. The first-order valence-electron chi connectivity index (χ1n) is 8.85. The molecule has 0 fully saturated rings. The van der Waals surface area contributed by atoms with Crippen molar-refractivity contribution in [2.75, 3.05) is 18.1 Å². The minimum Gasteiger partial charge on any atom is -0.326 e. The van der Waals surface area contributed by atoms with E-state index in [1.165, 1.54) is 17.8 Å². The Morgan fingerprint density at radius 2 is 2.00 bits per heavy atom. The third-order valence-corrected chi connectivity index (χ3v) is 5.94. The van der Waals surface area contributed by atoms with Crippen LogP contribution in [0, 0.1) is 6.92 Å². The predicted octanol–water partition coefficient (Wildman–Crippen LogP) is 1.98. The Bertz CT molecular complexity index is 1030. The molecule has 156 valence electrons. The Labute approximate surface area is 174 Å². The quantitative estimate of drug-likeness (QED) is 0.297. The van der Waals surface area contributed by atoms with Crippen LogP contribution in [0.2, 0.25) is 0 Å². The molecule has 0 unspecified atom stereocenters. The molecule has 1 heterocycles. The zero-order chi connectivity index (χ0) is 21.4. The van der Waals surface area contributed by atoms with E-state index in [4.69, 9.17) is 0 Å². The molecule has 1 aromatic heterocycles. The SMILES string of the molecule is C=CCNS(=O)(=O)Cc1ccc(NC(=O)CCc2c(C)nc(SC)[nH]c2=O)cc1. The summed E-state index contributed by atoms with van der Waals surface area (Å²) in [5.41, 5.74) is 2.02. The Morgan fingerprint density at radius 3 is 2.59 bits per heavy atom. The van der Waals surface area contributed by atoms with Crippen LogP contribution in [0.5, 0.6) is 0 Å². The maximum absolute atomic E-state index is 12.2. The largest absolute Gasteiger partial charge is 0.326 e.